The number of carbonyl (C=O) groups excluding carboxylic acids is 1. The van der Waals surface area contributed by atoms with Crippen LogP contribution >= 0.6 is 23.2 Å². The molecule has 34 heavy (non-hydrogen) atoms. The van der Waals surface area contributed by atoms with E-state index in [9.17, 15) is 4.79 Å². The van der Waals surface area contributed by atoms with E-state index < -0.39 is 0 Å². The monoisotopic (exact) mass is 497 g/mol. The number of Topliss-reactive ketones (excluding diaryl/α,β-unsaturated/α-hetero) is 1. The van der Waals surface area contributed by atoms with E-state index in [1.807, 2.05) is 38.1 Å². The first-order chi connectivity index (χ1) is 16.3. The average Bonchev–Trinajstić information content (AvgIpc) is 2.82. The molecule has 4 nitrogen and oxygen atoms in total. The molecule has 0 saturated heterocycles. The number of rotatable bonds is 7. The lowest BCUT2D eigenvalue weighted by Crippen LogP contribution is -2.31. The highest BCUT2D eigenvalue weighted by atomic mass is 35.5. The van der Waals surface area contributed by atoms with Gasteiger partial charge in [0.15, 0.2) is 5.78 Å². The van der Waals surface area contributed by atoms with E-state index in [1.54, 1.807) is 6.20 Å². The maximum atomic E-state index is 12.9. The second kappa shape index (κ2) is 10.6. The molecule has 1 aliphatic carbocycles. The molecule has 1 heterocycles. The molecule has 2 aromatic carbocycles. The predicted octanol–water partition coefficient (Wildman–Crippen LogP) is 7.64. The third kappa shape index (κ3) is 5.40. The third-order valence-electron chi connectivity index (χ3n) is 6.92. The van der Waals surface area contributed by atoms with Crippen LogP contribution in [0, 0.1) is 12.8 Å². The molecule has 0 aliphatic heterocycles. The highest BCUT2D eigenvalue weighted by Gasteiger charge is 2.24. The quantitative estimate of drug-likeness (QED) is 0.340. The molecule has 1 aromatic heterocycles. The molecule has 1 fully saturated rings. The zero-order chi connectivity index (χ0) is 24.4. The Morgan fingerprint density at radius 1 is 1.06 bits per heavy atom. The Kier molecular flexibility index (Phi) is 7.81. The molecule has 0 unspecified atom stereocenters. The summed E-state index contributed by atoms with van der Waals surface area (Å²) in [6, 6.07) is 10.4. The molecule has 0 spiro atoms. The fourth-order valence-electron chi connectivity index (χ4n) is 4.95. The van der Waals surface area contributed by atoms with E-state index in [-0.39, 0.29) is 5.78 Å². The number of hydrogen-bond donors (Lipinski definition) is 1. The van der Waals surface area contributed by atoms with Crippen LogP contribution in [0.5, 0.6) is 0 Å². The van der Waals surface area contributed by atoms with Gasteiger partial charge >= 0.3 is 0 Å². The lowest BCUT2D eigenvalue weighted by Gasteiger charge is -2.32. The van der Waals surface area contributed by atoms with Crippen LogP contribution in [0.4, 0.5) is 5.69 Å². The van der Waals surface area contributed by atoms with Gasteiger partial charge in [0.1, 0.15) is 0 Å². The van der Waals surface area contributed by atoms with Gasteiger partial charge in [-0.15, -0.1) is 0 Å². The smallest absolute Gasteiger partial charge is 0.166 e. The number of hydrogen-bond acceptors (Lipinski definition) is 4. The van der Waals surface area contributed by atoms with Crippen molar-refractivity contribution in [1.29, 1.82) is 0 Å². The minimum absolute atomic E-state index is 0.102. The van der Waals surface area contributed by atoms with Gasteiger partial charge in [0.2, 0.25) is 0 Å². The van der Waals surface area contributed by atoms with Crippen LogP contribution < -0.4 is 5.32 Å². The number of pyridine rings is 1. The number of carbonyl (C=O) groups is 1. The molecule has 0 atom stereocenters. The molecule has 0 amide bonds. The van der Waals surface area contributed by atoms with Crippen molar-refractivity contribution < 1.29 is 4.79 Å². The highest BCUT2D eigenvalue weighted by molar-refractivity contribution is 6.36. The Hall–Kier alpha value is -2.14. The number of nitrogens with zero attached hydrogens (tertiary/aromatic N) is 2. The molecular weight excluding hydrogens is 465 g/mol. The van der Waals surface area contributed by atoms with E-state index in [1.165, 1.54) is 12.8 Å². The summed E-state index contributed by atoms with van der Waals surface area (Å²) < 4.78 is 0. The van der Waals surface area contributed by atoms with Crippen LogP contribution in [0.2, 0.25) is 10.0 Å². The molecule has 0 bridgehead atoms. The van der Waals surface area contributed by atoms with Crippen LogP contribution in [0.25, 0.3) is 22.0 Å². The molecule has 0 radical (unpaired) electrons. The number of halogens is 2. The summed E-state index contributed by atoms with van der Waals surface area (Å²) in [6.07, 6.45) is 6.77. The summed E-state index contributed by atoms with van der Waals surface area (Å²) in [5.41, 5.74) is 5.26. The Morgan fingerprint density at radius 2 is 1.74 bits per heavy atom. The van der Waals surface area contributed by atoms with Gasteiger partial charge in [-0.25, -0.2) is 0 Å². The van der Waals surface area contributed by atoms with E-state index in [0.29, 0.717) is 28.1 Å². The van der Waals surface area contributed by atoms with Crippen LogP contribution in [-0.4, -0.2) is 42.3 Å². The first kappa shape index (κ1) is 25.0. The minimum Gasteiger partial charge on any atom is -0.381 e. The van der Waals surface area contributed by atoms with Crippen LogP contribution in [0.1, 0.15) is 54.9 Å². The summed E-state index contributed by atoms with van der Waals surface area (Å²) >= 11 is 12.8. The summed E-state index contributed by atoms with van der Waals surface area (Å²) in [7, 11) is 4.28. The predicted molar refractivity (Wildman–Crippen MR) is 144 cm³/mol. The fourth-order valence-corrected chi connectivity index (χ4v) is 5.44. The summed E-state index contributed by atoms with van der Waals surface area (Å²) in [5, 5.41) is 6.01. The second-order valence-corrected chi connectivity index (χ2v) is 10.6. The summed E-state index contributed by atoms with van der Waals surface area (Å²) in [4.78, 5) is 19.7. The number of anilines is 1. The maximum absolute atomic E-state index is 12.9. The van der Waals surface area contributed by atoms with E-state index in [4.69, 9.17) is 23.2 Å². The number of ketones is 1. The van der Waals surface area contributed by atoms with Gasteiger partial charge in [-0.1, -0.05) is 36.2 Å². The van der Waals surface area contributed by atoms with Gasteiger partial charge in [-0.3, -0.25) is 9.78 Å². The molecule has 4 rings (SSSR count). The standard InChI is InChI=1S/C28H33Cl2N3O/c1-5-27(34)23-15-31-26-11-8-19(20-13-24(29)17(2)25(30)14-20)12-22(26)28(23)32-21-9-6-18(7-10-21)16-33(3)4/h8,11-15,18,21H,5-7,9-10,16H2,1-4H3,(H,31,32). The van der Waals surface area contributed by atoms with Crippen LogP contribution in [0.3, 0.4) is 0 Å². The van der Waals surface area contributed by atoms with Crippen molar-refractivity contribution in [2.24, 2.45) is 5.92 Å². The number of nitrogens with one attached hydrogen (secondary N) is 1. The molecule has 3 aromatic rings. The fraction of sp³-hybridized carbons (Fsp3) is 0.429. The summed E-state index contributed by atoms with van der Waals surface area (Å²) in [6.45, 7) is 4.95. The number of aromatic nitrogens is 1. The van der Waals surface area contributed by atoms with Crippen molar-refractivity contribution in [3.05, 3.63) is 57.7 Å². The Labute approximate surface area is 212 Å². The van der Waals surface area contributed by atoms with Crippen molar-refractivity contribution in [2.45, 2.75) is 52.0 Å². The van der Waals surface area contributed by atoms with Crippen molar-refractivity contribution in [1.82, 2.24) is 9.88 Å². The van der Waals surface area contributed by atoms with Crippen LogP contribution in [0.15, 0.2) is 36.5 Å². The van der Waals surface area contributed by atoms with Crippen LogP contribution in [-0.2, 0) is 0 Å². The van der Waals surface area contributed by atoms with Gasteiger partial charge in [0.05, 0.1) is 16.8 Å². The normalized spacial score (nSPS) is 18.4. The third-order valence-corrected chi connectivity index (χ3v) is 7.71. The van der Waals surface area contributed by atoms with Gasteiger partial charge in [-0.05, 0) is 93.6 Å². The van der Waals surface area contributed by atoms with Gasteiger partial charge < -0.3 is 10.2 Å². The first-order valence-corrected chi connectivity index (χ1v) is 12.9. The lowest BCUT2D eigenvalue weighted by molar-refractivity contribution is 0.0988. The molecular formula is C28H33Cl2N3O. The average molecular weight is 498 g/mol. The topological polar surface area (TPSA) is 45.2 Å². The number of fused-ring (bicyclic) bond motifs is 1. The summed E-state index contributed by atoms with van der Waals surface area (Å²) in [5.74, 6) is 0.839. The number of benzene rings is 2. The van der Waals surface area contributed by atoms with Crippen molar-refractivity contribution in [2.75, 3.05) is 26.0 Å². The molecule has 6 heteroatoms. The van der Waals surface area contributed by atoms with Gasteiger partial charge in [0, 0.05) is 40.6 Å². The first-order valence-electron chi connectivity index (χ1n) is 12.1. The maximum Gasteiger partial charge on any atom is 0.166 e. The van der Waals surface area contributed by atoms with Crippen molar-refractivity contribution >= 4 is 45.6 Å². The van der Waals surface area contributed by atoms with E-state index >= 15 is 0 Å². The van der Waals surface area contributed by atoms with E-state index in [0.717, 1.165) is 58.6 Å². The minimum atomic E-state index is 0.102. The largest absolute Gasteiger partial charge is 0.381 e. The lowest BCUT2D eigenvalue weighted by atomic mass is 9.85. The van der Waals surface area contributed by atoms with E-state index in [2.05, 4.69) is 35.4 Å². The molecule has 180 valence electrons. The second-order valence-electron chi connectivity index (χ2n) is 9.74. The molecule has 1 aliphatic rings. The zero-order valence-electron chi connectivity index (χ0n) is 20.4. The highest BCUT2D eigenvalue weighted by Crippen LogP contribution is 2.36. The Bertz CT molecular complexity index is 1180. The molecule has 1 saturated carbocycles. The Morgan fingerprint density at radius 3 is 2.35 bits per heavy atom. The van der Waals surface area contributed by atoms with Gasteiger partial charge in [0.25, 0.3) is 0 Å². The van der Waals surface area contributed by atoms with Crippen molar-refractivity contribution in [3.63, 3.8) is 0 Å². The zero-order valence-corrected chi connectivity index (χ0v) is 21.9. The SMILES string of the molecule is CCC(=O)c1cnc2ccc(-c3cc(Cl)c(C)c(Cl)c3)cc2c1NC1CCC(CN(C)C)CC1. The van der Waals surface area contributed by atoms with Crippen molar-refractivity contribution in [3.8, 4) is 11.1 Å². The Balaban J connectivity index is 1.72. The van der Waals surface area contributed by atoms with Gasteiger partial charge in [-0.2, -0.15) is 0 Å². The molecule has 1 N–H and O–H groups in total.